The van der Waals surface area contributed by atoms with E-state index in [-0.39, 0.29) is 0 Å². The van der Waals surface area contributed by atoms with Gasteiger partial charge >= 0.3 is 5.88 Å². The summed E-state index contributed by atoms with van der Waals surface area (Å²) in [5, 5.41) is 18.9. The highest BCUT2D eigenvalue weighted by atomic mass is 16.5. The summed E-state index contributed by atoms with van der Waals surface area (Å²) in [7, 11) is 0. The molecule has 1 aromatic heterocycles. The number of hydrogen-bond acceptors (Lipinski definition) is 1. The number of pyridine rings is 1. The Bertz CT molecular complexity index is 167. The number of rotatable bonds is 0. The molecule has 0 aliphatic carbocycles. The first-order valence-corrected chi connectivity index (χ1v) is 2.17. The third-order valence-electron chi connectivity index (χ3n) is 0.803. The summed E-state index contributed by atoms with van der Waals surface area (Å²) in [4.78, 5) is 0. The number of aromatic nitrogens is 1. The topological polar surface area (TPSA) is 44.0 Å². The maximum absolute atomic E-state index is 10.3. The van der Waals surface area contributed by atoms with Crippen LogP contribution < -0.4 is 4.73 Å². The minimum absolute atomic E-state index is 0.410. The van der Waals surface area contributed by atoms with Crippen molar-refractivity contribution in [2.45, 2.75) is 0 Å². The summed E-state index contributed by atoms with van der Waals surface area (Å²) in [6.45, 7) is 0. The first-order valence-electron chi connectivity index (χ1n) is 2.17. The van der Waals surface area contributed by atoms with Gasteiger partial charge in [0.15, 0.2) is 0 Å². The third kappa shape index (κ3) is 0.703. The van der Waals surface area contributed by atoms with E-state index in [9.17, 15) is 5.11 Å². The predicted molar refractivity (Wildman–Crippen MR) is 24.0 cm³/mol. The molecule has 1 radical (unpaired) electrons. The molecule has 3 nitrogen and oxygen atoms in total. The summed E-state index contributed by atoms with van der Waals surface area (Å²) in [5.41, 5.74) is 0. The molecular weight excluding hydrogens is 106 g/mol. The summed E-state index contributed by atoms with van der Waals surface area (Å²) >= 11 is 0. The Kier molecular flexibility index (Phi) is 1.04. The molecule has 0 saturated carbocycles. The van der Waals surface area contributed by atoms with Gasteiger partial charge < -0.3 is 0 Å². The van der Waals surface area contributed by atoms with Crippen LogP contribution in [0.5, 0.6) is 5.88 Å². The fourth-order valence-corrected chi connectivity index (χ4v) is 0.419. The smallest absolute Gasteiger partial charge is 0.282 e. The van der Waals surface area contributed by atoms with Gasteiger partial charge in [0, 0.05) is 10.8 Å². The van der Waals surface area contributed by atoms with Crippen LogP contribution in [0.3, 0.4) is 0 Å². The van der Waals surface area contributed by atoms with Crippen molar-refractivity contribution in [2.24, 2.45) is 0 Å². The molecule has 3 heteroatoms. The summed E-state index contributed by atoms with van der Waals surface area (Å²) in [6, 6.07) is 4.41. The minimum Gasteiger partial charge on any atom is -0.282 e. The lowest BCUT2D eigenvalue weighted by atomic mass is 10.5. The molecule has 0 spiro atoms. The summed E-state index contributed by atoms with van der Waals surface area (Å²) < 4.78 is 0.528. The lowest BCUT2D eigenvalue weighted by Crippen LogP contribution is -2.27. The largest absolute Gasteiger partial charge is 0.458 e. The van der Waals surface area contributed by atoms with Crippen molar-refractivity contribution in [3.63, 3.8) is 0 Å². The molecule has 0 saturated heterocycles. The van der Waals surface area contributed by atoms with Gasteiger partial charge in [-0.1, -0.05) is 0 Å². The first kappa shape index (κ1) is 4.90. The standard InChI is InChI=1S/C5H5NO2/c7-5-3-1-2-4-6(5)8/h1-4,8H/q+1. The van der Waals surface area contributed by atoms with Crippen molar-refractivity contribution in [1.29, 1.82) is 0 Å². The first-order chi connectivity index (χ1) is 3.80. The minimum atomic E-state index is -0.410. The Morgan fingerprint density at radius 1 is 1.50 bits per heavy atom. The van der Waals surface area contributed by atoms with Crippen molar-refractivity contribution >= 4 is 0 Å². The number of hydrogen-bond donors (Lipinski definition) is 1. The van der Waals surface area contributed by atoms with Crippen LogP contribution in [0.2, 0.25) is 0 Å². The maximum Gasteiger partial charge on any atom is 0.458 e. The highest BCUT2D eigenvalue weighted by Gasteiger charge is 2.03. The second kappa shape index (κ2) is 1.69. The third-order valence-corrected chi connectivity index (χ3v) is 0.803. The lowest BCUT2D eigenvalue weighted by Gasteiger charge is -1.78. The highest BCUT2D eigenvalue weighted by molar-refractivity contribution is 4.98. The lowest BCUT2D eigenvalue weighted by molar-refractivity contribution is -0.908. The van der Waals surface area contributed by atoms with Crippen molar-refractivity contribution in [2.75, 3.05) is 0 Å². The van der Waals surface area contributed by atoms with Gasteiger partial charge in [0.1, 0.15) is 0 Å². The van der Waals surface area contributed by atoms with Gasteiger partial charge in [0.2, 0.25) is 6.20 Å². The van der Waals surface area contributed by atoms with Crippen LogP contribution in [0.4, 0.5) is 0 Å². The normalized spacial score (nSPS) is 9.00. The van der Waals surface area contributed by atoms with Crippen LogP contribution >= 0.6 is 0 Å². The quantitative estimate of drug-likeness (QED) is 0.381. The Labute approximate surface area is 46.4 Å². The molecule has 1 aromatic rings. The molecule has 0 atom stereocenters. The molecule has 0 fully saturated rings. The predicted octanol–water partition coefficient (Wildman–Crippen LogP) is 0.355. The SMILES string of the molecule is [O]c1cccc[n+]1O. The van der Waals surface area contributed by atoms with Gasteiger partial charge in [-0.2, -0.15) is 0 Å². The molecule has 1 rings (SSSR count). The van der Waals surface area contributed by atoms with E-state index in [1.54, 1.807) is 12.1 Å². The molecule has 0 unspecified atom stereocenters. The average molecular weight is 111 g/mol. The average Bonchev–Trinajstić information content (AvgIpc) is 1.77. The molecule has 8 heavy (non-hydrogen) atoms. The zero-order valence-electron chi connectivity index (χ0n) is 4.11. The van der Waals surface area contributed by atoms with E-state index in [0.29, 0.717) is 4.73 Å². The Hall–Kier alpha value is -1.25. The summed E-state index contributed by atoms with van der Waals surface area (Å²) in [6.07, 6.45) is 1.28. The second-order valence-corrected chi connectivity index (χ2v) is 1.38. The zero-order valence-corrected chi connectivity index (χ0v) is 4.11. The van der Waals surface area contributed by atoms with Crippen LogP contribution in [0.25, 0.3) is 0 Å². The van der Waals surface area contributed by atoms with E-state index in [2.05, 4.69) is 0 Å². The fourth-order valence-electron chi connectivity index (χ4n) is 0.419. The van der Waals surface area contributed by atoms with Gasteiger partial charge in [-0.05, 0) is 6.07 Å². The van der Waals surface area contributed by atoms with Gasteiger partial charge in [0.05, 0.1) is 6.07 Å². The Morgan fingerprint density at radius 3 is 2.62 bits per heavy atom. The van der Waals surface area contributed by atoms with E-state index in [0.717, 1.165) is 0 Å². The molecular formula is C5H5NO2+. The molecule has 0 bridgehead atoms. The van der Waals surface area contributed by atoms with E-state index in [1.165, 1.54) is 12.3 Å². The van der Waals surface area contributed by atoms with Gasteiger partial charge in [-0.15, -0.1) is 0 Å². The van der Waals surface area contributed by atoms with Crippen molar-refractivity contribution in [3.8, 4) is 5.88 Å². The Balaban J connectivity index is 3.13. The maximum atomic E-state index is 10.3. The number of nitrogens with zero attached hydrogens (tertiary/aromatic N) is 1. The van der Waals surface area contributed by atoms with E-state index >= 15 is 0 Å². The van der Waals surface area contributed by atoms with Crippen molar-refractivity contribution < 1.29 is 15.0 Å². The summed E-state index contributed by atoms with van der Waals surface area (Å²) in [5.74, 6) is -0.410. The molecule has 1 N–H and O–H groups in total. The van der Waals surface area contributed by atoms with E-state index < -0.39 is 5.88 Å². The monoisotopic (exact) mass is 111 g/mol. The molecule has 41 valence electrons. The van der Waals surface area contributed by atoms with Crippen LogP contribution in [-0.2, 0) is 5.11 Å². The van der Waals surface area contributed by atoms with Gasteiger partial charge in [0.25, 0.3) is 0 Å². The molecule has 1 heterocycles. The molecule has 0 amide bonds. The zero-order chi connectivity index (χ0) is 5.98. The fraction of sp³-hybridized carbons (Fsp3) is 0. The van der Waals surface area contributed by atoms with Crippen LogP contribution in [0, 0.1) is 0 Å². The van der Waals surface area contributed by atoms with Crippen LogP contribution in [-0.4, -0.2) is 5.21 Å². The van der Waals surface area contributed by atoms with Crippen molar-refractivity contribution in [3.05, 3.63) is 24.4 Å². The van der Waals surface area contributed by atoms with Gasteiger partial charge in [-0.25, -0.2) is 5.11 Å². The van der Waals surface area contributed by atoms with Crippen molar-refractivity contribution in [1.82, 2.24) is 0 Å². The van der Waals surface area contributed by atoms with E-state index in [4.69, 9.17) is 5.21 Å². The molecule has 0 aromatic carbocycles. The Morgan fingerprint density at radius 2 is 2.25 bits per heavy atom. The van der Waals surface area contributed by atoms with Gasteiger partial charge in [-0.3, -0.25) is 5.21 Å². The molecule has 0 aliphatic heterocycles. The van der Waals surface area contributed by atoms with Crippen LogP contribution in [0.1, 0.15) is 0 Å². The highest BCUT2D eigenvalue weighted by Crippen LogP contribution is 1.95. The second-order valence-electron chi connectivity index (χ2n) is 1.38. The molecule has 0 aliphatic rings. The van der Waals surface area contributed by atoms with E-state index in [1.807, 2.05) is 0 Å². The van der Waals surface area contributed by atoms with Crippen LogP contribution in [0.15, 0.2) is 24.4 Å².